The predicted octanol–water partition coefficient (Wildman–Crippen LogP) is 2.52. The number of hydrogen-bond donors (Lipinski definition) is 3. The van der Waals surface area contributed by atoms with Crippen LogP contribution in [0.25, 0.3) is 0 Å². The molecule has 0 saturated carbocycles. The number of benzene rings is 2. The molecule has 1 amide bonds. The largest absolute Gasteiger partial charge is 0.484 e. The molecule has 0 saturated heterocycles. The molecular weight excluding hydrogens is 398 g/mol. The molecule has 2 aromatic carbocycles. The van der Waals surface area contributed by atoms with E-state index in [1.54, 1.807) is 0 Å². The van der Waals surface area contributed by atoms with Crippen LogP contribution in [0.15, 0.2) is 53.4 Å². The number of nitrogens with two attached hydrogens (primary N) is 1. The van der Waals surface area contributed by atoms with Crippen molar-refractivity contribution in [3.05, 3.63) is 54.1 Å². The third-order valence-corrected chi connectivity index (χ3v) is 4.92. The molecular formula is C19H23N3O4S2. The highest BCUT2D eigenvalue weighted by Gasteiger charge is 2.13. The van der Waals surface area contributed by atoms with Gasteiger partial charge in [-0.1, -0.05) is 32.9 Å². The Hall–Kier alpha value is -2.49. The van der Waals surface area contributed by atoms with Crippen LogP contribution < -0.4 is 20.5 Å². The van der Waals surface area contributed by atoms with E-state index in [2.05, 4.69) is 31.4 Å². The Bertz CT molecular complexity index is 948. The van der Waals surface area contributed by atoms with Gasteiger partial charge in [0.05, 0.1) is 4.90 Å². The van der Waals surface area contributed by atoms with E-state index in [9.17, 15) is 13.2 Å². The number of rotatable bonds is 5. The number of ether oxygens (including phenoxy) is 1. The lowest BCUT2D eigenvalue weighted by Gasteiger charge is -2.19. The number of sulfonamides is 1. The molecule has 0 atom stereocenters. The van der Waals surface area contributed by atoms with Crippen LogP contribution in [0.5, 0.6) is 5.75 Å². The minimum atomic E-state index is -3.76. The molecule has 2 rings (SSSR count). The number of primary sulfonamides is 1. The molecule has 0 unspecified atom stereocenters. The third-order valence-electron chi connectivity index (χ3n) is 3.78. The van der Waals surface area contributed by atoms with Gasteiger partial charge in [-0.3, -0.25) is 10.1 Å². The van der Waals surface area contributed by atoms with Crippen molar-refractivity contribution in [1.82, 2.24) is 5.32 Å². The minimum Gasteiger partial charge on any atom is -0.484 e. The Balaban J connectivity index is 1.83. The second kappa shape index (κ2) is 8.68. The first-order valence-corrected chi connectivity index (χ1v) is 10.4. The van der Waals surface area contributed by atoms with E-state index in [1.807, 2.05) is 24.3 Å². The summed E-state index contributed by atoms with van der Waals surface area (Å²) in [5.74, 6) is 0.166. The molecule has 9 heteroatoms. The lowest BCUT2D eigenvalue weighted by molar-refractivity contribution is -0.121. The van der Waals surface area contributed by atoms with Crippen molar-refractivity contribution in [3.8, 4) is 5.75 Å². The first kappa shape index (κ1) is 21.8. The second-order valence-corrected chi connectivity index (χ2v) is 9.10. The third kappa shape index (κ3) is 6.59. The molecule has 4 N–H and O–H groups in total. The molecule has 28 heavy (non-hydrogen) atoms. The summed E-state index contributed by atoms with van der Waals surface area (Å²) < 4.78 is 27.9. The fraction of sp³-hybridized carbons (Fsp3) is 0.263. The number of nitrogens with one attached hydrogen (secondary N) is 2. The van der Waals surface area contributed by atoms with Crippen LogP contribution in [-0.4, -0.2) is 26.0 Å². The normalized spacial score (nSPS) is 11.6. The van der Waals surface area contributed by atoms with E-state index in [0.717, 1.165) is 0 Å². The van der Waals surface area contributed by atoms with Gasteiger partial charge in [0.1, 0.15) is 5.75 Å². The number of amides is 1. The Kier molecular flexibility index (Phi) is 6.76. The van der Waals surface area contributed by atoms with Crippen molar-refractivity contribution in [3.63, 3.8) is 0 Å². The van der Waals surface area contributed by atoms with Crippen LogP contribution in [0.4, 0.5) is 5.69 Å². The second-order valence-electron chi connectivity index (χ2n) is 7.13. The Labute approximate surface area is 170 Å². The maximum Gasteiger partial charge on any atom is 0.264 e. The Morgan fingerprint density at radius 3 is 2.14 bits per heavy atom. The molecule has 0 fully saturated rings. The van der Waals surface area contributed by atoms with Crippen LogP contribution in [0, 0.1) is 0 Å². The van der Waals surface area contributed by atoms with Crippen molar-refractivity contribution >= 4 is 38.9 Å². The van der Waals surface area contributed by atoms with Gasteiger partial charge in [0, 0.05) is 5.69 Å². The van der Waals surface area contributed by atoms with E-state index in [4.69, 9.17) is 22.1 Å². The number of carbonyl (C=O) groups is 1. The highest BCUT2D eigenvalue weighted by Crippen LogP contribution is 2.24. The van der Waals surface area contributed by atoms with Crippen LogP contribution in [0.1, 0.15) is 26.3 Å². The summed E-state index contributed by atoms with van der Waals surface area (Å²) in [6.45, 7) is 6.16. The zero-order chi connectivity index (χ0) is 20.9. The summed E-state index contributed by atoms with van der Waals surface area (Å²) in [6, 6.07) is 13.2. The van der Waals surface area contributed by atoms with Crippen molar-refractivity contribution in [2.45, 2.75) is 31.1 Å². The maximum absolute atomic E-state index is 12.0. The van der Waals surface area contributed by atoms with E-state index in [1.165, 1.54) is 29.8 Å². The lowest BCUT2D eigenvalue weighted by Crippen LogP contribution is -2.37. The number of anilines is 1. The average Bonchev–Trinajstić information content (AvgIpc) is 2.59. The fourth-order valence-electron chi connectivity index (χ4n) is 2.25. The number of thiocarbonyl (C=S) groups is 1. The van der Waals surface area contributed by atoms with Gasteiger partial charge in [-0.2, -0.15) is 0 Å². The summed E-state index contributed by atoms with van der Waals surface area (Å²) in [7, 11) is -3.76. The molecule has 2 aromatic rings. The Morgan fingerprint density at radius 1 is 1.07 bits per heavy atom. The van der Waals surface area contributed by atoms with Crippen molar-refractivity contribution < 1.29 is 17.9 Å². The van der Waals surface area contributed by atoms with Gasteiger partial charge < -0.3 is 10.1 Å². The van der Waals surface area contributed by atoms with E-state index >= 15 is 0 Å². The minimum absolute atomic E-state index is 0.0149. The van der Waals surface area contributed by atoms with E-state index < -0.39 is 15.9 Å². The zero-order valence-corrected chi connectivity index (χ0v) is 17.5. The van der Waals surface area contributed by atoms with Crippen LogP contribution in [0.3, 0.4) is 0 Å². The van der Waals surface area contributed by atoms with Gasteiger partial charge in [0.15, 0.2) is 11.7 Å². The summed E-state index contributed by atoms with van der Waals surface area (Å²) in [4.78, 5) is 12.0. The predicted molar refractivity (Wildman–Crippen MR) is 113 cm³/mol. The summed E-state index contributed by atoms with van der Waals surface area (Å²) >= 11 is 5.07. The molecule has 0 aliphatic rings. The molecule has 0 aliphatic heterocycles. The smallest absolute Gasteiger partial charge is 0.264 e. The molecule has 150 valence electrons. The molecule has 7 nitrogen and oxygen atoms in total. The van der Waals surface area contributed by atoms with Gasteiger partial charge in [0.2, 0.25) is 10.0 Å². The van der Waals surface area contributed by atoms with Crippen molar-refractivity contribution in [2.75, 3.05) is 11.9 Å². The maximum atomic E-state index is 12.0. The molecule has 0 radical (unpaired) electrons. The van der Waals surface area contributed by atoms with Gasteiger partial charge >= 0.3 is 0 Å². The van der Waals surface area contributed by atoms with E-state index in [0.29, 0.717) is 11.4 Å². The summed E-state index contributed by atoms with van der Waals surface area (Å²) in [5, 5.41) is 10.4. The summed E-state index contributed by atoms with van der Waals surface area (Å²) in [6.07, 6.45) is 0. The fourth-order valence-corrected chi connectivity index (χ4v) is 3.00. The average molecular weight is 422 g/mol. The highest BCUT2D eigenvalue weighted by molar-refractivity contribution is 7.89. The molecule has 0 aliphatic carbocycles. The van der Waals surface area contributed by atoms with Crippen LogP contribution >= 0.6 is 12.2 Å². The molecule has 0 heterocycles. The standard InChI is InChI=1S/C19H23N3O4S2/c1-19(2,3)13-4-8-15(9-5-13)26-12-17(23)22-18(27)21-14-6-10-16(11-7-14)28(20,24)25/h4-11H,12H2,1-3H3,(H2,20,24,25)(H2,21,22,23,27). The summed E-state index contributed by atoms with van der Waals surface area (Å²) in [5.41, 5.74) is 1.72. The monoisotopic (exact) mass is 421 g/mol. The topological polar surface area (TPSA) is 111 Å². The van der Waals surface area contributed by atoms with Crippen molar-refractivity contribution in [1.29, 1.82) is 0 Å². The zero-order valence-electron chi connectivity index (χ0n) is 15.9. The van der Waals surface area contributed by atoms with Gasteiger partial charge in [-0.25, -0.2) is 13.6 Å². The first-order valence-electron chi connectivity index (χ1n) is 8.42. The number of carbonyl (C=O) groups excluding carboxylic acids is 1. The first-order chi connectivity index (χ1) is 12.9. The van der Waals surface area contributed by atoms with Gasteiger partial charge in [-0.05, 0) is 59.6 Å². The van der Waals surface area contributed by atoms with Crippen LogP contribution in [-0.2, 0) is 20.2 Å². The van der Waals surface area contributed by atoms with Gasteiger partial charge in [-0.15, -0.1) is 0 Å². The Morgan fingerprint density at radius 2 is 1.64 bits per heavy atom. The van der Waals surface area contributed by atoms with Crippen LogP contribution in [0.2, 0.25) is 0 Å². The molecule has 0 spiro atoms. The van der Waals surface area contributed by atoms with Gasteiger partial charge in [0.25, 0.3) is 5.91 Å². The lowest BCUT2D eigenvalue weighted by atomic mass is 9.87. The number of hydrogen-bond acceptors (Lipinski definition) is 5. The molecule has 0 aromatic heterocycles. The SMILES string of the molecule is CC(C)(C)c1ccc(OCC(=O)NC(=S)Nc2ccc(S(N)(=O)=O)cc2)cc1. The quantitative estimate of drug-likeness (QED) is 0.640. The van der Waals surface area contributed by atoms with E-state index in [-0.39, 0.29) is 22.0 Å². The molecule has 0 bridgehead atoms. The highest BCUT2D eigenvalue weighted by atomic mass is 32.2. The van der Waals surface area contributed by atoms with Crippen molar-refractivity contribution in [2.24, 2.45) is 5.14 Å².